The predicted molar refractivity (Wildman–Crippen MR) is 247 cm³/mol. The number of hydrogen-bond acceptors (Lipinski definition) is 12. The fraction of sp³-hybridized carbons (Fsp3) is 0.543. The normalized spacial score (nSPS) is 19.0. The van der Waals surface area contributed by atoms with Gasteiger partial charge in [-0.05, 0) is 98.9 Å². The Morgan fingerprint density at radius 1 is 1.05 bits per heavy atom. The maximum atomic E-state index is 13.5. The average Bonchev–Trinajstić information content (AvgIpc) is 3.98. The van der Waals surface area contributed by atoms with Crippen LogP contribution in [0.5, 0.6) is 11.5 Å². The van der Waals surface area contributed by atoms with E-state index in [9.17, 15) is 24.6 Å². The van der Waals surface area contributed by atoms with Crippen LogP contribution in [-0.2, 0) is 30.8 Å². The molecule has 0 saturated heterocycles. The number of carbonyl (C=O) groups excluding carboxylic acids is 2. The number of ether oxygens (including phenoxy) is 3. The van der Waals surface area contributed by atoms with Gasteiger partial charge in [0.2, 0.25) is 5.56 Å². The van der Waals surface area contributed by atoms with Crippen molar-refractivity contribution in [3.63, 3.8) is 0 Å². The number of nitrogens with zero attached hydrogens (tertiary/aromatic N) is 1. The maximum Gasteiger partial charge on any atom is 0.411 e. The number of methoxy groups -OCH3 is 1. The fourth-order valence-electron chi connectivity index (χ4n) is 8.41. The van der Waals surface area contributed by atoms with Gasteiger partial charge in [0.15, 0.2) is 13.9 Å². The molecule has 2 saturated carbocycles. The fourth-order valence-corrected chi connectivity index (χ4v) is 10.8. The third-order valence-electron chi connectivity index (χ3n) is 13.1. The summed E-state index contributed by atoms with van der Waals surface area (Å²) in [5.41, 5.74) is 0.416. The second-order valence-corrected chi connectivity index (χ2v) is 24.3. The number of carbonyl (C=O) groups is 2. The molecule has 4 aromatic rings. The number of aliphatic hydroxyl groups is 1. The Morgan fingerprint density at radius 2 is 1.77 bits per heavy atom. The van der Waals surface area contributed by atoms with E-state index in [1.54, 1.807) is 31.4 Å². The zero-order valence-electron chi connectivity index (χ0n) is 37.0. The lowest BCUT2D eigenvalue weighted by molar-refractivity contribution is -0.180. The summed E-state index contributed by atoms with van der Waals surface area (Å²) >= 11 is 8.11. The molecule has 6 rings (SSSR count). The molecule has 62 heavy (non-hydrogen) atoms. The molecule has 1 amide bonds. The van der Waals surface area contributed by atoms with Crippen LogP contribution >= 0.6 is 22.9 Å². The molecule has 2 aliphatic carbocycles. The van der Waals surface area contributed by atoms with Crippen LogP contribution < -0.4 is 20.9 Å². The number of likely N-dealkylation sites (N-methyl/N-ethyl adjacent to an activating group) is 1. The molecule has 338 valence electrons. The number of thiophene rings is 1. The van der Waals surface area contributed by atoms with E-state index in [0.717, 1.165) is 49.7 Å². The lowest BCUT2D eigenvalue weighted by Gasteiger charge is -2.39. The number of anilines is 1. The Labute approximate surface area is 374 Å². The third-order valence-corrected chi connectivity index (χ3v) is 18.9. The smallest absolute Gasteiger partial charge is 0.411 e. The van der Waals surface area contributed by atoms with Crippen molar-refractivity contribution in [1.82, 2.24) is 15.2 Å². The Balaban J connectivity index is 0.994. The summed E-state index contributed by atoms with van der Waals surface area (Å²) in [5, 5.41) is 31.3. The van der Waals surface area contributed by atoms with E-state index < -0.39 is 32.1 Å². The topological polar surface area (TPSA) is 172 Å². The molecule has 2 heterocycles. The number of rotatable bonds is 17. The van der Waals surface area contributed by atoms with Crippen LogP contribution in [0.25, 0.3) is 10.9 Å². The number of nitrogens with one attached hydrogen (secondary N) is 3. The number of hydrogen-bond donors (Lipinski definition) is 5. The monoisotopic (exact) mass is 910 g/mol. The molecule has 2 fully saturated rings. The minimum absolute atomic E-state index is 0.0136. The van der Waals surface area contributed by atoms with Crippen LogP contribution in [0.3, 0.4) is 0 Å². The van der Waals surface area contributed by atoms with Crippen molar-refractivity contribution in [2.45, 2.75) is 121 Å². The summed E-state index contributed by atoms with van der Waals surface area (Å²) in [4.78, 5) is 44.1. The lowest BCUT2D eigenvalue weighted by atomic mass is 9.84. The number of aromatic hydroxyl groups is 1. The summed E-state index contributed by atoms with van der Waals surface area (Å²) in [6.07, 6.45) is 5.38. The van der Waals surface area contributed by atoms with Crippen LogP contribution in [0.15, 0.2) is 58.7 Å². The van der Waals surface area contributed by atoms with E-state index in [4.69, 9.17) is 30.2 Å². The molecule has 13 nitrogen and oxygen atoms in total. The quantitative estimate of drug-likeness (QED) is 0.0505. The third kappa shape index (κ3) is 11.0. The molecule has 2 aliphatic rings. The Kier molecular flexibility index (Phi) is 15.5. The number of aromatic amines is 1. The van der Waals surface area contributed by atoms with Crippen LogP contribution in [0.1, 0.15) is 94.2 Å². The molecule has 16 heteroatoms. The van der Waals surface area contributed by atoms with E-state index in [1.807, 2.05) is 30.6 Å². The van der Waals surface area contributed by atoms with Gasteiger partial charge in [-0.3, -0.25) is 10.1 Å². The summed E-state index contributed by atoms with van der Waals surface area (Å²) < 4.78 is 24.2. The van der Waals surface area contributed by atoms with Crippen molar-refractivity contribution in [1.29, 1.82) is 0 Å². The first-order valence-electron chi connectivity index (χ1n) is 21.6. The highest BCUT2D eigenvalue weighted by atomic mass is 35.5. The molecule has 2 atom stereocenters. The molecule has 0 bridgehead atoms. The highest BCUT2D eigenvalue weighted by Crippen LogP contribution is 2.44. The first-order valence-corrected chi connectivity index (χ1v) is 25.8. The second-order valence-electron chi connectivity index (χ2n) is 18.2. The summed E-state index contributed by atoms with van der Waals surface area (Å²) in [6, 6.07) is 13.9. The first-order chi connectivity index (χ1) is 29.4. The van der Waals surface area contributed by atoms with Gasteiger partial charge in [-0.2, -0.15) is 0 Å². The van der Waals surface area contributed by atoms with Gasteiger partial charge in [0, 0.05) is 59.6 Å². The number of phenolic OH excluding ortho intramolecular Hbond substituents is 1. The van der Waals surface area contributed by atoms with E-state index >= 15 is 0 Å². The number of halogens is 1. The average molecular weight is 912 g/mol. The van der Waals surface area contributed by atoms with Crippen LogP contribution in [0.4, 0.5) is 10.5 Å². The van der Waals surface area contributed by atoms with Crippen LogP contribution in [0, 0.1) is 5.92 Å². The highest BCUT2D eigenvalue weighted by molar-refractivity contribution is 7.10. The van der Waals surface area contributed by atoms with E-state index in [-0.39, 0.29) is 41.0 Å². The van der Waals surface area contributed by atoms with E-state index in [0.29, 0.717) is 64.7 Å². The van der Waals surface area contributed by atoms with Gasteiger partial charge in [0.05, 0.1) is 29.4 Å². The molecule has 0 radical (unpaired) electrons. The van der Waals surface area contributed by atoms with Gasteiger partial charge in [0.25, 0.3) is 0 Å². The Bertz CT molecular complexity index is 2220. The lowest BCUT2D eigenvalue weighted by Crippen LogP contribution is -2.45. The Hall–Kier alpha value is -3.96. The number of fused-ring (bicyclic) bond motifs is 1. The van der Waals surface area contributed by atoms with Crippen molar-refractivity contribution in [2.24, 2.45) is 5.92 Å². The molecule has 2 aromatic heterocycles. The van der Waals surface area contributed by atoms with Gasteiger partial charge < -0.3 is 44.1 Å². The number of phenols is 1. The number of amides is 1. The number of esters is 1. The molecule has 0 spiro atoms. The summed E-state index contributed by atoms with van der Waals surface area (Å²) in [5.74, 6) is -0.143. The zero-order chi connectivity index (χ0) is 44.8. The van der Waals surface area contributed by atoms with E-state index in [2.05, 4.69) is 54.4 Å². The van der Waals surface area contributed by atoms with E-state index in [1.165, 1.54) is 17.4 Å². The molecule has 5 N–H and O–H groups in total. The van der Waals surface area contributed by atoms with Gasteiger partial charge in [0.1, 0.15) is 24.2 Å². The number of pyridine rings is 1. The van der Waals surface area contributed by atoms with Crippen LogP contribution in [-0.4, -0.2) is 86.5 Å². The SMILES string of the molecule is COc1cc(NC(=O)OCCN(C)[C@H]2CC[C@H](OC(=O)[C@](O)(c3cccs3)C3CCCC3)CC2)c(Cl)cc1CNC[C@H](O[Si](C)(C)C(C)(C)C)c1ccc(O)c2[nH]c(=O)ccc12. The van der Waals surface area contributed by atoms with Crippen molar-refractivity contribution in [3.05, 3.63) is 85.3 Å². The van der Waals surface area contributed by atoms with Gasteiger partial charge >= 0.3 is 12.1 Å². The van der Waals surface area contributed by atoms with Gasteiger partial charge in [-0.15, -0.1) is 11.3 Å². The summed E-state index contributed by atoms with van der Waals surface area (Å²) in [6.45, 7) is 12.3. The molecular weight excluding hydrogens is 848 g/mol. The minimum Gasteiger partial charge on any atom is -0.506 e. The zero-order valence-corrected chi connectivity index (χ0v) is 39.5. The highest BCUT2D eigenvalue weighted by Gasteiger charge is 2.49. The van der Waals surface area contributed by atoms with Crippen LogP contribution in [0.2, 0.25) is 23.2 Å². The molecule has 0 unspecified atom stereocenters. The van der Waals surface area contributed by atoms with Crippen molar-refractivity contribution >= 4 is 59.9 Å². The molecule has 0 aliphatic heterocycles. The number of benzene rings is 2. The maximum absolute atomic E-state index is 13.5. The van der Waals surface area contributed by atoms with Gasteiger partial charge in [-0.25, -0.2) is 9.59 Å². The minimum atomic E-state index is -2.29. The van der Waals surface area contributed by atoms with Crippen molar-refractivity contribution in [2.75, 3.05) is 39.2 Å². The Morgan fingerprint density at radius 3 is 2.44 bits per heavy atom. The first kappa shape index (κ1) is 47.5. The number of aromatic nitrogens is 1. The molecule has 2 aromatic carbocycles. The molecular formula is C46H63ClN4O9SSi. The largest absolute Gasteiger partial charge is 0.506 e. The number of H-pyrrole nitrogens is 1. The second kappa shape index (κ2) is 20.3. The standard InChI is InChI=1S/C46H63ClN4O9SSi/c1-45(2,3)62(6,7)60-39(33-18-20-37(52)42-34(33)19-21-41(53)50-42)28-48-27-29-25-35(47)36(26-38(29)57-5)49-44(55)58-23-22-51(4)31-14-16-32(17-15-31)59-43(54)46(56,30-11-8-9-12-30)40-13-10-24-61-40/h10,13,18-21,24-26,30-32,39,48,52,56H,8-9,11-12,14-17,22-23,27-28H2,1-7H3,(H,49,55)(H,50,53)/t31-,32-,39-,46+/m0/s1. The summed E-state index contributed by atoms with van der Waals surface area (Å²) in [7, 11) is 1.26. The predicted octanol–water partition coefficient (Wildman–Crippen LogP) is 9.22. The van der Waals surface area contributed by atoms with Gasteiger partial charge in [-0.1, -0.05) is 57.3 Å². The van der Waals surface area contributed by atoms with Crippen molar-refractivity contribution in [3.8, 4) is 11.5 Å². The van der Waals surface area contributed by atoms with Crippen molar-refractivity contribution < 1.29 is 38.4 Å².